The molecular formula is C25H23Cl2NO7. The highest BCUT2D eigenvalue weighted by molar-refractivity contribution is 6.31. The molecule has 2 aromatic carbocycles. The molecule has 2 fully saturated rings. The van der Waals surface area contributed by atoms with Crippen LogP contribution in [0.3, 0.4) is 0 Å². The Morgan fingerprint density at radius 2 is 1.31 bits per heavy atom. The predicted molar refractivity (Wildman–Crippen MR) is 126 cm³/mol. The van der Waals surface area contributed by atoms with Crippen LogP contribution in [0.1, 0.15) is 46.4 Å². The zero-order valence-electron chi connectivity index (χ0n) is 18.5. The zero-order valence-corrected chi connectivity index (χ0v) is 20.0. The molecule has 0 radical (unpaired) electrons. The minimum Gasteiger partial charge on any atom is -0.478 e. The van der Waals surface area contributed by atoms with Gasteiger partial charge in [-0.3, -0.25) is 4.79 Å². The van der Waals surface area contributed by atoms with E-state index in [0.29, 0.717) is 16.0 Å². The number of hydrogen-bond donors (Lipinski definition) is 2. The van der Waals surface area contributed by atoms with Crippen molar-refractivity contribution in [1.29, 1.82) is 0 Å². The molecule has 5 atom stereocenters. The average Bonchev–Trinajstić information content (AvgIpc) is 3.45. The monoisotopic (exact) mass is 519 g/mol. The second-order valence-corrected chi connectivity index (χ2v) is 9.67. The van der Waals surface area contributed by atoms with E-state index in [0.717, 1.165) is 25.7 Å². The molecule has 0 unspecified atom stereocenters. The number of amides is 1. The highest BCUT2D eigenvalue weighted by Gasteiger charge is 2.45. The van der Waals surface area contributed by atoms with Gasteiger partial charge < -0.3 is 19.9 Å². The molecule has 0 aromatic heterocycles. The quantitative estimate of drug-likeness (QED) is 0.503. The molecule has 10 heteroatoms. The number of rotatable bonds is 8. The summed E-state index contributed by atoms with van der Waals surface area (Å²) in [5, 5.41) is 13.4. The van der Waals surface area contributed by atoms with Gasteiger partial charge in [0.15, 0.2) is 0 Å². The van der Waals surface area contributed by atoms with Crippen molar-refractivity contribution in [3.05, 3.63) is 69.7 Å². The molecular weight excluding hydrogens is 497 g/mol. The van der Waals surface area contributed by atoms with Gasteiger partial charge in [-0.1, -0.05) is 29.6 Å². The van der Waals surface area contributed by atoms with E-state index in [1.807, 2.05) is 0 Å². The summed E-state index contributed by atoms with van der Waals surface area (Å²) in [6.45, 7) is 0. The van der Waals surface area contributed by atoms with Crippen LogP contribution in [0.2, 0.25) is 10.0 Å². The molecule has 1 amide bonds. The van der Waals surface area contributed by atoms with Gasteiger partial charge in [-0.05, 0) is 79.6 Å². The highest BCUT2D eigenvalue weighted by atomic mass is 35.5. The molecule has 184 valence electrons. The van der Waals surface area contributed by atoms with Gasteiger partial charge >= 0.3 is 17.9 Å². The van der Waals surface area contributed by atoms with Gasteiger partial charge in [-0.25, -0.2) is 14.4 Å². The molecule has 2 aliphatic rings. The Balaban J connectivity index is 1.56. The van der Waals surface area contributed by atoms with Crippen LogP contribution in [-0.4, -0.2) is 47.2 Å². The molecule has 4 rings (SSSR count). The number of carboxylic acids is 1. The van der Waals surface area contributed by atoms with Crippen molar-refractivity contribution in [3.8, 4) is 0 Å². The third-order valence-corrected chi connectivity index (χ3v) is 6.97. The zero-order chi connectivity index (χ0) is 25.1. The molecule has 0 spiro atoms. The van der Waals surface area contributed by atoms with E-state index < -0.39 is 36.0 Å². The smallest absolute Gasteiger partial charge is 0.349 e. The van der Waals surface area contributed by atoms with E-state index in [-0.39, 0.29) is 23.1 Å². The Hall–Kier alpha value is -3.10. The van der Waals surface area contributed by atoms with E-state index in [1.165, 1.54) is 48.5 Å². The number of carbonyl (C=O) groups is 4. The van der Waals surface area contributed by atoms with Crippen LogP contribution in [0.5, 0.6) is 0 Å². The first-order chi connectivity index (χ1) is 16.7. The molecule has 0 saturated heterocycles. The molecule has 0 aliphatic heterocycles. The summed E-state index contributed by atoms with van der Waals surface area (Å²) in [5.41, 5.74) is 0.0808. The maximum Gasteiger partial charge on any atom is 0.349 e. The summed E-state index contributed by atoms with van der Waals surface area (Å²) in [5.74, 6) is -3.63. The topological polar surface area (TPSA) is 119 Å². The maximum absolute atomic E-state index is 13.2. The van der Waals surface area contributed by atoms with Crippen molar-refractivity contribution in [3.63, 3.8) is 0 Å². The fourth-order valence-electron chi connectivity index (χ4n) is 4.72. The fourth-order valence-corrected chi connectivity index (χ4v) is 4.97. The number of carboxylic acid groups (broad SMARTS) is 1. The van der Waals surface area contributed by atoms with Crippen LogP contribution in [0.4, 0.5) is 0 Å². The Morgan fingerprint density at radius 1 is 0.800 bits per heavy atom. The van der Waals surface area contributed by atoms with E-state index in [2.05, 4.69) is 5.32 Å². The van der Waals surface area contributed by atoms with Gasteiger partial charge in [-0.2, -0.15) is 0 Å². The minimum absolute atomic E-state index is 0.0249. The number of nitrogens with one attached hydrogen (secondary N) is 1. The van der Waals surface area contributed by atoms with Gasteiger partial charge in [0.1, 0.15) is 0 Å². The third-order valence-electron chi connectivity index (χ3n) is 6.47. The summed E-state index contributed by atoms with van der Waals surface area (Å²) in [7, 11) is 0. The summed E-state index contributed by atoms with van der Waals surface area (Å²) in [6.07, 6.45) is -0.148. The summed E-state index contributed by atoms with van der Waals surface area (Å²) >= 11 is 11.7. The molecule has 0 heterocycles. The van der Waals surface area contributed by atoms with E-state index in [4.69, 9.17) is 32.7 Å². The van der Waals surface area contributed by atoms with Crippen molar-refractivity contribution in [2.75, 3.05) is 0 Å². The Kier molecular flexibility index (Phi) is 7.62. The summed E-state index contributed by atoms with van der Waals surface area (Å²) in [4.78, 5) is 50.7. The van der Waals surface area contributed by atoms with Gasteiger partial charge in [-0.15, -0.1) is 0 Å². The van der Waals surface area contributed by atoms with Gasteiger partial charge in [0, 0.05) is 16.1 Å². The normalized spacial score (nSPS) is 22.2. The predicted octanol–water partition coefficient (Wildman–Crippen LogP) is 4.13. The van der Waals surface area contributed by atoms with Crippen molar-refractivity contribution < 1.29 is 33.8 Å². The van der Waals surface area contributed by atoms with Crippen LogP contribution >= 0.6 is 23.2 Å². The van der Waals surface area contributed by atoms with E-state index in [9.17, 15) is 24.3 Å². The second-order valence-electron chi connectivity index (χ2n) is 8.79. The number of esters is 2. The van der Waals surface area contributed by atoms with Gasteiger partial charge in [0.05, 0.1) is 11.1 Å². The molecule has 8 nitrogen and oxygen atoms in total. The second kappa shape index (κ2) is 10.7. The lowest BCUT2D eigenvalue weighted by Gasteiger charge is -2.28. The molecule has 2 aliphatic carbocycles. The number of fused-ring (bicyclic) bond motifs is 2. The Bertz CT molecular complexity index is 1120. The van der Waals surface area contributed by atoms with Crippen LogP contribution in [0.15, 0.2) is 48.5 Å². The first-order valence-electron chi connectivity index (χ1n) is 11.2. The molecule has 2 saturated carbocycles. The number of ether oxygens (including phenoxy) is 2. The first kappa shape index (κ1) is 25.0. The number of hydrogen-bond acceptors (Lipinski definition) is 6. The highest BCUT2D eigenvalue weighted by Crippen LogP contribution is 2.44. The van der Waals surface area contributed by atoms with Crippen LogP contribution in [0, 0.1) is 11.8 Å². The Labute approximate surface area is 211 Å². The first-order valence-corrected chi connectivity index (χ1v) is 11.9. The minimum atomic E-state index is -2.08. The lowest BCUT2D eigenvalue weighted by atomic mass is 9.95. The lowest BCUT2D eigenvalue weighted by Crippen LogP contribution is -2.53. The van der Waals surface area contributed by atoms with Crippen molar-refractivity contribution in [1.82, 2.24) is 5.32 Å². The van der Waals surface area contributed by atoms with Crippen molar-refractivity contribution >= 4 is 47.0 Å². The SMILES string of the molecule is O=C(O[C@H](C(=O)O)[C@H](OC(=O)c1ccc(Cl)cc1)C(=O)N[C@H]1C[C@H]2CC[C@H]1C2)c1ccc(Cl)cc1. The molecule has 2 aromatic rings. The largest absolute Gasteiger partial charge is 0.478 e. The number of aliphatic carboxylic acids is 1. The Morgan fingerprint density at radius 3 is 1.74 bits per heavy atom. The standard InChI is InChI=1S/C25H23Cl2NO7/c26-17-7-3-14(4-8-17)24(32)34-20(22(29)28-19-12-13-1-2-16(19)11-13)21(23(30)31)35-25(33)15-5-9-18(27)10-6-15/h3-10,13,16,19-21H,1-2,11-12H2,(H,28,29)(H,30,31)/t13-,16-,19-,20-,21-/m0/s1. The van der Waals surface area contributed by atoms with Crippen molar-refractivity contribution in [2.24, 2.45) is 11.8 Å². The van der Waals surface area contributed by atoms with Crippen LogP contribution in [0.25, 0.3) is 0 Å². The number of benzene rings is 2. The van der Waals surface area contributed by atoms with Crippen LogP contribution < -0.4 is 5.32 Å². The molecule has 2 bridgehead atoms. The van der Waals surface area contributed by atoms with Crippen LogP contribution in [-0.2, 0) is 19.1 Å². The fraction of sp³-hybridized carbons (Fsp3) is 0.360. The average molecular weight is 520 g/mol. The van der Waals surface area contributed by atoms with Crippen molar-refractivity contribution in [2.45, 2.75) is 43.9 Å². The van der Waals surface area contributed by atoms with Gasteiger partial charge in [0.25, 0.3) is 5.91 Å². The van der Waals surface area contributed by atoms with E-state index in [1.54, 1.807) is 0 Å². The number of carbonyl (C=O) groups excluding carboxylic acids is 3. The summed E-state index contributed by atoms with van der Waals surface area (Å²) in [6, 6.07) is 11.1. The molecule has 2 N–H and O–H groups in total. The van der Waals surface area contributed by atoms with Gasteiger partial charge in [0.2, 0.25) is 12.2 Å². The third kappa shape index (κ3) is 5.94. The van der Waals surface area contributed by atoms with E-state index >= 15 is 0 Å². The molecule has 35 heavy (non-hydrogen) atoms. The number of halogens is 2. The maximum atomic E-state index is 13.2. The summed E-state index contributed by atoms with van der Waals surface area (Å²) < 4.78 is 10.5. The lowest BCUT2D eigenvalue weighted by molar-refractivity contribution is -0.159.